The smallest absolute Gasteiger partial charge is 0.397 e. The van der Waals surface area contributed by atoms with Gasteiger partial charge in [-0.25, -0.2) is 4.18 Å². The summed E-state index contributed by atoms with van der Waals surface area (Å²) in [6.07, 6.45) is 7.66. The number of amides is 1. The van der Waals surface area contributed by atoms with Crippen LogP contribution in [0.1, 0.15) is 78.6 Å². The number of carbonyl (C=O) groups excluding carboxylic acids is 1. The van der Waals surface area contributed by atoms with E-state index in [1.807, 2.05) is 6.08 Å². The average Bonchev–Trinajstić information content (AvgIpc) is 3.13. The molecule has 36 heavy (non-hydrogen) atoms. The van der Waals surface area contributed by atoms with Crippen molar-refractivity contribution in [2.75, 3.05) is 6.54 Å². The molecule has 9 atom stereocenters. The first-order valence-corrected chi connectivity index (χ1v) is 14.6. The zero-order valence-electron chi connectivity index (χ0n) is 21.5. The molecule has 0 aromatic rings. The number of carboxylic acid groups (broad SMARTS) is 1. The van der Waals surface area contributed by atoms with Crippen molar-refractivity contribution in [2.45, 2.75) is 90.8 Å². The maximum atomic E-state index is 12.1. The third-order valence-corrected chi connectivity index (χ3v) is 10.9. The zero-order valence-corrected chi connectivity index (χ0v) is 22.3. The monoisotopic (exact) mass is 527 g/mol. The predicted molar refractivity (Wildman–Crippen MR) is 132 cm³/mol. The number of aliphatic carboxylic acids is 1. The number of rotatable bonds is 8. The van der Waals surface area contributed by atoms with Crippen molar-refractivity contribution in [3.8, 4) is 0 Å². The summed E-state index contributed by atoms with van der Waals surface area (Å²) in [5.41, 5.74) is 1.01. The summed E-state index contributed by atoms with van der Waals surface area (Å²) in [5, 5.41) is 22.6. The minimum atomic E-state index is -4.51. The summed E-state index contributed by atoms with van der Waals surface area (Å²) in [4.78, 5) is 22.8. The first-order chi connectivity index (χ1) is 16.7. The van der Waals surface area contributed by atoms with Gasteiger partial charge in [-0.3, -0.25) is 14.1 Å². The summed E-state index contributed by atoms with van der Waals surface area (Å²) in [6.45, 7) is 6.45. The van der Waals surface area contributed by atoms with Gasteiger partial charge in [0.2, 0.25) is 5.91 Å². The number of carbonyl (C=O) groups is 2. The van der Waals surface area contributed by atoms with Crippen LogP contribution in [0.15, 0.2) is 11.6 Å². The highest BCUT2D eigenvalue weighted by Gasteiger charge is 2.61. The molecule has 204 valence electrons. The molecule has 0 aromatic carbocycles. The van der Waals surface area contributed by atoms with E-state index in [1.165, 1.54) is 0 Å². The molecule has 0 heterocycles. The van der Waals surface area contributed by atoms with Crippen LogP contribution in [0.3, 0.4) is 0 Å². The number of aliphatic hydroxyl groups is 1. The molecule has 4 N–H and O–H groups in total. The van der Waals surface area contributed by atoms with E-state index in [0.29, 0.717) is 49.4 Å². The molecule has 0 aromatic heterocycles. The van der Waals surface area contributed by atoms with Gasteiger partial charge in [0.1, 0.15) is 6.54 Å². The van der Waals surface area contributed by atoms with Gasteiger partial charge in [-0.1, -0.05) is 32.4 Å². The maximum Gasteiger partial charge on any atom is 0.397 e. The molecule has 3 fully saturated rings. The number of aliphatic hydroxyl groups excluding tert-OH is 1. The van der Waals surface area contributed by atoms with E-state index in [1.54, 1.807) is 0 Å². The molecule has 0 radical (unpaired) electrons. The van der Waals surface area contributed by atoms with Gasteiger partial charge in [-0.15, -0.1) is 0 Å². The quantitative estimate of drug-likeness (QED) is 0.277. The lowest BCUT2D eigenvalue weighted by atomic mass is 9.46. The normalized spacial score (nSPS) is 40.9. The van der Waals surface area contributed by atoms with Crippen molar-refractivity contribution in [2.24, 2.45) is 40.4 Å². The average molecular weight is 528 g/mol. The van der Waals surface area contributed by atoms with Crippen LogP contribution >= 0.6 is 0 Å². The molecule has 0 spiro atoms. The van der Waals surface area contributed by atoms with Crippen molar-refractivity contribution in [1.29, 1.82) is 0 Å². The molecule has 4 aliphatic rings. The SMILES string of the molecule is C[C@H](CCC(=O)NCC(=O)O)[C@H]1CCC2C3C(O)C=C4C[C@@H](OS(=O)(=O)O)CC[C@]4(C)C3CC[C@@]21C. The molecule has 0 aliphatic heterocycles. The second kappa shape index (κ2) is 10.0. The van der Waals surface area contributed by atoms with Crippen molar-refractivity contribution < 1.29 is 37.0 Å². The Bertz CT molecular complexity index is 1010. The fourth-order valence-electron chi connectivity index (χ4n) is 8.67. The van der Waals surface area contributed by atoms with Gasteiger partial charge in [0.05, 0.1) is 12.2 Å². The highest BCUT2D eigenvalue weighted by molar-refractivity contribution is 7.80. The van der Waals surface area contributed by atoms with Crippen LogP contribution < -0.4 is 5.32 Å². The van der Waals surface area contributed by atoms with Gasteiger partial charge < -0.3 is 15.5 Å². The second-order valence-electron chi connectivity index (χ2n) is 12.2. The Kier molecular flexibility index (Phi) is 7.65. The molecule has 4 unspecified atom stereocenters. The summed E-state index contributed by atoms with van der Waals surface area (Å²) < 4.78 is 36.5. The van der Waals surface area contributed by atoms with Gasteiger partial charge in [-0.05, 0) is 91.8 Å². The minimum Gasteiger partial charge on any atom is -0.480 e. The largest absolute Gasteiger partial charge is 0.480 e. The minimum absolute atomic E-state index is 0.0755. The Balaban J connectivity index is 1.46. The molecule has 0 bridgehead atoms. The predicted octanol–water partition coefficient (Wildman–Crippen LogP) is 3.34. The van der Waals surface area contributed by atoms with E-state index in [-0.39, 0.29) is 29.2 Å². The van der Waals surface area contributed by atoms with Gasteiger partial charge in [0.25, 0.3) is 0 Å². The third-order valence-electron chi connectivity index (χ3n) is 10.4. The Morgan fingerprint density at radius 3 is 2.56 bits per heavy atom. The fraction of sp³-hybridized carbons (Fsp3) is 0.846. The van der Waals surface area contributed by atoms with Crippen LogP contribution in [-0.4, -0.2) is 53.8 Å². The van der Waals surface area contributed by atoms with E-state index in [2.05, 4.69) is 26.1 Å². The lowest BCUT2D eigenvalue weighted by Gasteiger charge is -2.59. The topological polar surface area (TPSA) is 150 Å². The van der Waals surface area contributed by atoms with Crippen molar-refractivity contribution in [3.05, 3.63) is 11.6 Å². The molecule has 10 heteroatoms. The number of nitrogens with one attached hydrogen (secondary N) is 1. The number of hydrogen-bond donors (Lipinski definition) is 4. The van der Waals surface area contributed by atoms with E-state index in [4.69, 9.17) is 13.8 Å². The second-order valence-corrected chi connectivity index (χ2v) is 13.2. The zero-order chi connectivity index (χ0) is 26.5. The number of carboxylic acids is 1. The van der Waals surface area contributed by atoms with Crippen molar-refractivity contribution in [1.82, 2.24) is 5.32 Å². The Labute approximate surface area is 214 Å². The third kappa shape index (κ3) is 5.24. The Morgan fingerprint density at radius 1 is 1.17 bits per heavy atom. The highest BCUT2D eigenvalue weighted by atomic mass is 32.3. The van der Waals surface area contributed by atoms with Crippen LogP contribution in [0.25, 0.3) is 0 Å². The summed E-state index contributed by atoms with van der Waals surface area (Å²) in [5.74, 6) is 0.328. The highest BCUT2D eigenvalue weighted by Crippen LogP contribution is 2.67. The van der Waals surface area contributed by atoms with Crippen LogP contribution in [-0.2, 0) is 24.2 Å². The van der Waals surface area contributed by atoms with Gasteiger partial charge in [0, 0.05) is 6.42 Å². The lowest BCUT2D eigenvalue weighted by Crippen LogP contribution is -2.55. The summed E-state index contributed by atoms with van der Waals surface area (Å²) >= 11 is 0. The number of hydrogen-bond acceptors (Lipinski definition) is 6. The van der Waals surface area contributed by atoms with E-state index in [9.17, 15) is 23.1 Å². The maximum absolute atomic E-state index is 12.1. The summed E-state index contributed by atoms with van der Waals surface area (Å²) in [7, 11) is -4.51. The number of fused-ring (bicyclic) bond motifs is 5. The van der Waals surface area contributed by atoms with Crippen LogP contribution in [0, 0.1) is 40.4 Å². The molecule has 9 nitrogen and oxygen atoms in total. The lowest BCUT2D eigenvalue weighted by molar-refractivity contribution is -0.138. The summed E-state index contributed by atoms with van der Waals surface area (Å²) in [6, 6.07) is 0. The van der Waals surface area contributed by atoms with Crippen LogP contribution in [0.4, 0.5) is 0 Å². The molecule has 3 saturated carbocycles. The van der Waals surface area contributed by atoms with Gasteiger partial charge in [-0.2, -0.15) is 8.42 Å². The van der Waals surface area contributed by atoms with E-state index < -0.39 is 28.6 Å². The Morgan fingerprint density at radius 2 is 1.89 bits per heavy atom. The van der Waals surface area contributed by atoms with Crippen LogP contribution in [0.2, 0.25) is 0 Å². The first-order valence-electron chi connectivity index (χ1n) is 13.3. The van der Waals surface area contributed by atoms with Gasteiger partial charge >= 0.3 is 16.4 Å². The van der Waals surface area contributed by atoms with Crippen LogP contribution in [0.5, 0.6) is 0 Å². The van der Waals surface area contributed by atoms with E-state index >= 15 is 0 Å². The molecule has 4 aliphatic carbocycles. The van der Waals surface area contributed by atoms with Crippen molar-refractivity contribution >= 4 is 22.3 Å². The standard InChI is InChI=1S/C26H41NO8S/c1-15(4-7-22(29)27-14-23(30)31)18-5-6-19-24-20(9-11-26(18,19)3)25(2)10-8-17(35-36(32,33)34)12-16(25)13-21(24)28/h13,15,17-21,24,28H,4-12,14H2,1-3H3,(H,27,29)(H,30,31)(H,32,33,34)/t15-,17+,18-,19?,20?,21?,24?,25+,26-/m1/s1. The molecule has 1 amide bonds. The Hall–Kier alpha value is -1.49. The molecular weight excluding hydrogens is 486 g/mol. The fourth-order valence-corrected chi connectivity index (χ4v) is 9.18. The van der Waals surface area contributed by atoms with Crippen molar-refractivity contribution in [3.63, 3.8) is 0 Å². The molecule has 0 saturated heterocycles. The van der Waals surface area contributed by atoms with E-state index in [0.717, 1.165) is 37.7 Å². The van der Waals surface area contributed by atoms with Gasteiger partial charge in [0.15, 0.2) is 0 Å². The molecular formula is C26H41NO8S. The molecule has 4 rings (SSSR count). The first kappa shape index (κ1) is 27.5.